The Morgan fingerprint density at radius 3 is 2.81 bits per heavy atom. The molecule has 0 bridgehead atoms. The summed E-state index contributed by atoms with van der Waals surface area (Å²) in [5.74, 6) is 0.600. The Hall–Kier alpha value is -0.610. The van der Waals surface area contributed by atoms with E-state index in [1.54, 1.807) is 0 Å². The topological polar surface area (TPSA) is 41.6 Å². The standard InChI is InChI=1S/C12H24N2O2/c1-12(2,11(15)16-4)9-14-6-5-10(8-14)7-13-3/h10,13H,5-9H2,1-4H3. The molecule has 1 aliphatic rings. The van der Waals surface area contributed by atoms with Crippen LogP contribution in [0, 0.1) is 11.3 Å². The number of esters is 1. The van der Waals surface area contributed by atoms with Gasteiger partial charge in [0.15, 0.2) is 0 Å². The molecular weight excluding hydrogens is 204 g/mol. The van der Waals surface area contributed by atoms with Crippen molar-refractivity contribution in [1.29, 1.82) is 0 Å². The molecule has 1 saturated heterocycles. The van der Waals surface area contributed by atoms with Crippen LogP contribution in [0.25, 0.3) is 0 Å². The van der Waals surface area contributed by atoms with Crippen LogP contribution >= 0.6 is 0 Å². The van der Waals surface area contributed by atoms with E-state index < -0.39 is 5.41 Å². The Balaban J connectivity index is 2.41. The highest BCUT2D eigenvalue weighted by Gasteiger charge is 2.33. The van der Waals surface area contributed by atoms with E-state index in [4.69, 9.17) is 4.74 Å². The molecule has 1 atom stereocenters. The van der Waals surface area contributed by atoms with Crippen LogP contribution in [0.2, 0.25) is 0 Å². The average molecular weight is 228 g/mol. The Kier molecular flexibility index (Phi) is 4.74. The van der Waals surface area contributed by atoms with Gasteiger partial charge in [-0.1, -0.05) is 0 Å². The highest BCUT2D eigenvalue weighted by Crippen LogP contribution is 2.23. The van der Waals surface area contributed by atoms with E-state index in [0.29, 0.717) is 0 Å². The number of nitrogens with zero attached hydrogens (tertiary/aromatic N) is 1. The fraction of sp³-hybridized carbons (Fsp3) is 0.917. The van der Waals surface area contributed by atoms with Crippen molar-refractivity contribution < 1.29 is 9.53 Å². The predicted octanol–water partition coefficient (Wildman–Crippen LogP) is 0.727. The Morgan fingerprint density at radius 1 is 1.56 bits per heavy atom. The number of nitrogens with one attached hydrogen (secondary N) is 1. The molecule has 1 fully saturated rings. The molecule has 4 heteroatoms. The molecule has 16 heavy (non-hydrogen) atoms. The number of hydrogen-bond donors (Lipinski definition) is 1. The molecule has 1 rings (SSSR count). The smallest absolute Gasteiger partial charge is 0.312 e. The van der Waals surface area contributed by atoms with E-state index in [1.165, 1.54) is 13.5 Å². The molecule has 0 amide bonds. The fourth-order valence-corrected chi connectivity index (χ4v) is 2.41. The number of carbonyl (C=O) groups is 1. The minimum absolute atomic E-state index is 0.121. The minimum atomic E-state index is -0.400. The van der Waals surface area contributed by atoms with E-state index in [9.17, 15) is 4.79 Å². The number of methoxy groups -OCH3 is 1. The first-order valence-electron chi connectivity index (χ1n) is 5.95. The van der Waals surface area contributed by atoms with Crippen molar-refractivity contribution in [2.24, 2.45) is 11.3 Å². The van der Waals surface area contributed by atoms with E-state index in [-0.39, 0.29) is 5.97 Å². The lowest BCUT2D eigenvalue weighted by molar-refractivity contribution is -0.151. The molecule has 0 radical (unpaired) electrons. The number of likely N-dealkylation sites (tertiary alicyclic amines) is 1. The summed E-state index contributed by atoms with van der Waals surface area (Å²) in [7, 11) is 3.44. The predicted molar refractivity (Wildman–Crippen MR) is 64.3 cm³/mol. The molecule has 1 N–H and O–H groups in total. The van der Waals surface area contributed by atoms with E-state index >= 15 is 0 Å². The second-order valence-electron chi connectivity index (χ2n) is 5.32. The van der Waals surface area contributed by atoms with Crippen LogP contribution in [-0.4, -0.2) is 51.2 Å². The lowest BCUT2D eigenvalue weighted by atomic mass is 9.93. The van der Waals surface area contributed by atoms with Crippen molar-refractivity contribution in [3.8, 4) is 0 Å². The van der Waals surface area contributed by atoms with Crippen LogP contribution in [0.1, 0.15) is 20.3 Å². The van der Waals surface area contributed by atoms with Crippen LogP contribution < -0.4 is 5.32 Å². The average Bonchev–Trinajstić information content (AvgIpc) is 2.64. The third-order valence-corrected chi connectivity index (χ3v) is 3.22. The number of rotatable bonds is 5. The van der Waals surface area contributed by atoms with Gasteiger partial charge in [-0.2, -0.15) is 0 Å². The van der Waals surface area contributed by atoms with Crippen molar-refractivity contribution in [2.45, 2.75) is 20.3 Å². The summed E-state index contributed by atoms with van der Waals surface area (Å²) in [6, 6.07) is 0. The summed E-state index contributed by atoms with van der Waals surface area (Å²) in [5, 5.41) is 3.21. The van der Waals surface area contributed by atoms with Gasteiger partial charge in [0.1, 0.15) is 0 Å². The van der Waals surface area contributed by atoms with Gasteiger partial charge in [0, 0.05) is 13.1 Å². The summed E-state index contributed by atoms with van der Waals surface area (Å²) in [6.45, 7) is 7.93. The molecule has 1 aliphatic heterocycles. The molecule has 1 heterocycles. The van der Waals surface area contributed by atoms with Gasteiger partial charge in [-0.25, -0.2) is 0 Å². The molecule has 1 unspecified atom stereocenters. The Labute approximate surface area is 98.3 Å². The number of hydrogen-bond acceptors (Lipinski definition) is 4. The zero-order chi connectivity index (χ0) is 12.2. The summed E-state index contributed by atoms with van der Waals surface area (Å²) in [5.41, 5.74) is -0.400. The Bertz CT molecular complexity index is 241. The summed E-state index contributed by atoms with van der Waals surface area (Å²) < 4.78 is 4.82. The van der Waals surface area contributed by atoms with Crippen LogP contribution in [-0.2, 0) is 9.53 Å². The maximum atomic E-state index is 11.6. The first-order valence-corrected chi connectivity index (χ1v) is 5.95. The minimum Gasteiger partial charge on any atom is -0.469 e. The van der Waals surface area contributed by atoms with Gasteiger partial charge >= 0.3 is 5.97 Å². The molecule has 0 saturated carbocycles. The second-order valence-corrected chi connectivity index (χ2v) is 5.32. The first-order chi connectivity index (χ1) is 7.49. The third kappa shape index (κ3) is 3.46. The maximum absolute atomic E-state index is 11.6. The normalized spacial score (nSPS) is 22.4. The van der Waals surface area contributed by atoms with E-state index in [0.717, 1.165) is 32.1 Å². The molecule has 0 spiro atoms. The summed E-state index contributed by atoms with van der Waals surface area (Å²) in [6.07, 6.45) is 1.22. The third-order valence-electron chi connectivity index (χ3n) is 3.22. The molecule has 0 aromatic carbocycles. The monoisotopic (exact) mass is 228 g/mol. The van der Waals surface area contributed by atoms with Gasteiger partial charge < -0.3 is 15.0 Å². The molecular formula is C12H24N2O2. The van der Waals surface area contributed by atoms with Gasteiger partial charge in [-0.05, 0) is 46.3 Å². The number of carbonyl (C=O) groups excluding carboxylic acids is 1. The van der Waals surface area contributed by atoms with Gasteiger partial charge in [-0.3, -0.25) is 4.79 Å². The zero-order valence-electron chi connectivity index (χ0n) is 10.9. The van der Waals surface area contributed by atoms with E-state index in [2.05, 4.69) is 10.2 Å². The quantitative estimate of drug-likeness (QED) is 0.704. The summed E-state index contributed by atoms with van der Waals surface area (Å²) >= 11 is 0. The second kappa shape index (κ2) is 5.64. The fourth-order valence-electron chi connectivity index (χ4n) is 2.41. The van der Waals surface area contributed by atoms with E-state index in [1.807, 2.05) is 20.9 Å². The van der Waals surface area contributed by atoms with Crippen molar-refractivity contribution >= 4 is 5.97 Å². The molecule has 0 aromatic rings. The van der Waals surface area contributed by atoms with Crippen molar-refractivity contribution in [3.05, 3.63) is 0 Å². The van der Waals surface area contributed by atoms with Crippen molar-refractivity contribution in [3.63, 3.8) is 0 Å². The highest BCUT2D eigenvalue weighted by atomic mass is 16.5. The van der Waals surface area contributed by atoms with Crippen LogP contribution in [0.4, 0.5) is 0 Å². The molecule has 0 aromatic heterocycles. The van der Waals surface area contributed by atoms with Crippen molar-refractivity contribution in [2.75, 3.05) is 40.3 Å². The van der Waals surface area contributed by atoms with Gasteiger partial charge in [0.05, 0.1) is 12.5 Å². The van der Waals surface area contributed by atoms with Gasteiger partial charge in [0.25, 0.3) is 0 Å². The van der Waals surface area contributed by atoms with Crippen LogP contribution in [0.15, 0.2) is 0 Å². The van der Waals surface area contributed by atoms with Crippen LogP contribution in [0.5, 0.6) is 0 Å². The summed E-state index contributed by atoms with van der Waals surface area (Å²) in [4.78, 5) is 13.9. The highest BCUT2D eigenvalue weighted by molar-refractivity contribution is 5.76. The lowest BCUT2D eigenvalue weighted by Gasteiger charge is -2.27. The molecule has 0 aliphatic carbocycles. The lowest BCUT2D eigenvalue weighted by Crippen LogP contribution is -2.39. The molecule has 94 valence electrons. The SMILES string of the molecule is CNCC1CCN(CC(C)(C)C(=O)OC)C1. The Morgan fingerprint density at radius 2 is 2.25 bits per heavy atom. The number of ether oxygens (including phenoxy) is 1. The zero-order valence-corrected chi connectivity index (χ0v) is 10.9. The molecule has 4 nitrogen and oxygen atoms in total. The van der Waals surface area contributed by atoms with Crippen molar-refractivity contribution in [1.82, 2.24) is 10.2 Å². The van der Waals surface area contributed by atoms with Gasteiger partial charge in [0.2, 0.25) is 0 Å². The maximum Gasteiger partial charge on any atom is 0.312 e. The first kappa shape index (κ1) is 13.5. The largest absolute Gasteiger partial charge is 0.469 e. The van der Waals surface area contributed by atoms with Crippen LogP contribution in [0.3, 0.4) is 0 Å². The van der Waals surface area contributed by atoms with Gasteiger partial charge in [-0.15, -0.1) is 0 Å².